The molecule has 4 aromatic rings. The van der Waals surface area contributed by atoms with Gasteiger partial charge in [0.05, 0.1) is 4.90 Å². The summed E-state index contributed by atoms with van der Waals surface area (Å²) in [6.07, 6.45) is 2.65. The highest BCUT2D eigenvalue weighted by atomic mass is 35.5. The molecule has 7 heteroatoms. The Hall–Kier alpha value is -2.93. The maximum atomic E-state index is 13.4. The van der Waals surface area contributed by atoms with Crippen LogP contribution in [0.25, 0.3) is 16.5 Å². The second kappa shape index (κ2) is 9.02. The van der Waals surface area contributed by atoms with Crippen LogP contribution >= 0.6 is 11.6 Å². The fraction of sp³-hybridized carbons (Fsp3) is 0.185. The minimum absolute atomic E-state index is 0.246. The number of benzene rings is 3. The molecule has 0 unspecified atom stereocenters. The van der Waals surface area contributed by atoms with E-state index in [0.29, 0.717) is 31.1 Å². The Balaban J connectivity index is 1.48. The molecular weight excluding hydrogens is 471 g/mol. The average molecular weight is 495 g/mol. The molecule has 3 aromatic carbocycles. The lowest BCUT2D eigenvalue weighted by molar-refractivity contribution is 0.441. The SMILES string of the molecule is Cc1c(C2=CCN(S(=O)(=O)c3ccc(Cl)cc3)CC2)c2ccccc2n1Cc1ccc(F)cc1. The van der Waals surface area contributed by atoms with Crippen LogP contribution in [0.3, 0.4) is 0 Å². The summed E-state index contributed by atoms with van der Waals surface area (Å²) in [5.41, 5.74) is 5.55. The fourth-order valence-corrected chi connectivity index (χ4v) is 6.17. The fourth-order valence-electron chi connectivity index (χ4n) is 4.66. The molecule has 34 heavy (non-hydrogen) atoms. The van der Waals surface area contributed by atoms with Gasteiger partial charge in [0.2, 0.25) is 10.0 Å². The average Bonchev–Trinajstić information content (AvgIpc) is 3.12. The van der Waals surface area contributed by atoms with E-state index in [-0.39, 0.29) is 10.7 Å². The summed E-state index contributed by atoms with van der Waals surface area (Å²) in [5, 5.41) is 1.65. The van der Waals surface area contributed by atoms with E-state index in [1.165, 1.54) is 16.4 Å². The number of aromatic nitrogens is 1. The van der Waals surface area contributed by atoms with Crippen molar-refractivity contribution >= 4 is 38.1 Å². The number of hydrogen-bond donors (Lipinski definition) is 0. The van der Waals surface area contributed by atoms with Crippen molar-refractivity contribution < 1.29 is 12.8 Å². The van der Waals surface area contributed by atoms with Gasteiger partial charge in [-0.3, -0.25) is 0 Å². The van der Waals surface area contributed by atoms with Crippen molar-refractivity contribution in [2.45, 2.75) is 24.8 Å². The second-order valence-electron chi connectivity index (χ2n) is 8.49. The predicted molar refractivity (Wildman–Crippen MR) is 135 cm³/mol. The van der Waals surface area contributed by atoms with Crippen LogP contribution in [0.15, 0.2) is 83.8 Å². The molecule has 0 saturated heterocycles. The second-order valence-corrected chi connectivity index (χ2v) is 10.9. The van der Waals surface area contributed by atoms with E-state index >= 15 is 0 Å². The molecule has 0 spiro atoms. The van der Waals surface area contributed by atoms with Gasteiger partial charge in [0.15, 0.2) is 0 Å². The highest BCUT2D eigenvalue weighted by Crippen LogP contribution is 2.35. The van der Waals surface area contributed by atoms with Crippen LogP contribution in [0, 0.1) is 12.7 Å². The van der Waals surface area contributed by atoms with Crippen LogP contribution in [-0.4, -0.2) is 30.4 Å². The van der Waals surface area contributed by atoms with E-state index in [2.05, 4.69) is 23.6 Å². The summed E-state index contributed by atoms with van der Waals surface area (Å²) < 4.78 is 43.3. The van der Waals surface area contributed by atoms with E-state index in [0.717, 1.165) is 33.3 Å². The Bertz CT molecular complexity index is 1490. The number of nitrogens with zero attached hydrogens (tertiary/aromatic N) is 2. The molecule has 0 aliphatic carbocycles. The van der Waals surface area contributed by atoms with Crippen molar-refractivity contribution in [3.8, 4) is 0 Å². The molecular formula is C27H24ClFN2O2S. The lowest BCUT2D eigenvalue weighted by atomic mass is 9.97. The first-order chi connectivity index (χ1) is 16.3. The summed E-state index contributed by atoms with van der Waals surface area (Å²) in [7, 11) is -3.58. The van der Waals surface area contributed by atoms with E-state index in [9.17, 15) is 12.8 Å². The molecule has 5 rings (SSSR count). The van der Waals surface area contributed by atoms with E-state index in [1.54, 1.807) is 24.3 Å². The highest BCUT2D eigenvalue weighted by molar-refractivity contribution is 7.89. The van der Waals surface area contributed by atoms with Crippen molar-refractivity contribution in [1.29, 1.82) is 0 Å². The summed E-state index contributed by atoms with van der Waals surface area (Å²) in [5.74, 6) is -0.246. The van der Waals surface area contributed by atoms with Gasteiger partial charge in [-0.2, -0.15) is 4.31 Å². The number of halogens is 2. The third-order valence-corrected chi connectivity index (χ3v) is 8.56. The van der Waals surface area contributed by atoms with Crippen molar-refractivity contribution in [3.63, 3.8) is 0 Å². The van der Waals surface area contributed by atoms with Gasteiger partial charge in [0.1, 0.15) is 5.82 Å². The van der Waals surface area contributed by atoms with Crippen molar-refractivity contribution in [2.75, 3.05) is 13.1 Å². The zero-order valence-electron chi connectivity index (χ0n) is 18.7. The maximum absolute atomic E-state index is 13.4. The van der Waals surface area contributed by atoms with Gasteiger partial charge in [0, 0.05) is 46.8 Å². The number of fused-ring (bicyclic) bond motifs is 1. The summed E-state index contributed by atoms with van der Waals surface area (Å²) in [4.78, 5) is 0.251. The zero-order valence-corrected chi connectivity index (χ0v) is 20.3. The van der Waals surface area contributed by atoms with Crippen molar-refractivity contribution in [1.82, 2.24) is 8.87 Å². The Morgan fingerprint density at radius 1 is 0.971 bits per heavy atom. The maximum Gasteiger partial charge on any atom is 0.243 e. The Morgan fingerprint density at radius 3 is 2.35 bits per heavy atom. The van der Waals surface area contributed by atoms with Gasteiger partial charge >= 0.3 is 0 Å². The molecule has 2 heterocycles. The van der Waals surface area contributed by atoms with Crippen LogP contribution in [-0.2, 0) is 16.6 Å². The van der Waals surface area contributed by atoms with E-state index < -0.39 is 10.0 Å². The minimum atomic E-state index is -3.58. The largest absolute Gasteiger partial charge is 0.340 e. The topological polar surface area (TPSA) is 42.3 Å². The number of hydrogen-bond acceptors (Lipinski definition) is 2. The minimum Gasteiger partial charge on any atom is -0.340 e. The van der Waals surface area contributed by atoms with E-state index in [1.807, 2.05) is 30.3 Å². The van der Waals surface area contributed by atoms with Crippen LogP contribution < -0.4 is 0 Å². The molecule has 1 aromatic heterocycles. The number of sulfonamides is 1. The molecule has 0 radical (unpaired) electrons. The molecule has 0 atom stereocenters. The highest BCUT2D eigenvalue weighted by Gasteiger charge is 2.28. The quantitative estimate of drug-likeness (QED) is 0.328. The first kappa shape index (κ1) is 22.8. The Kier molecular flexibility index (Phi) is 6.06. The normalized spacial score (nSPS) is 15.0. The van der Waals surface area contributed by atoms with E-state index in [4.69, 9.17) is 11.6 Å². The lowest BCUT2D eigenvalue weighted by Crippen LogP contribution is -2.34. The first-order valence-corrected chi connectivity index (χ1v) is 12.9. The third kappa shape index (κ3) is 4.17. The van der Waals surface area contributed by atoms with Crippen LogP contribution in [0.4, 0.5) is 4.39 Å². The first-order valence-electron chi connectivity index (χ1n) is 11.1. The zero-order chi connectivity index (χ0) is 23.9. The van der Waals surface area contributed by atoms with Gasteiger partial charge in [-0.1, -0.05) is 48.0 Å². The van der Waals surface area contributed by atoms with Gasteiger partial charge in [0.25, 0.3) is 0 Å². The molecule has 1 aliphatic rings. The predicted octanol–water partition coefficient (Wildman–Crippen LogP) is 6.27. The molecule has 4 nitrogen and oxygen atoms in total. The summed E-state index contributed by atoms with van der Waals surface area (Å²) in [6, 6.07) is 21.1. The molecule has 0 N–H and O–H groups in total. The molecule has 0 saturated carbocycles. The standard InChI is InChI=1S/C27H24ClFN2O2S/c1-19-27(21-14-16-30(17-15-21)34(32,33)24-12-8-22(28)9-13-24)25-4-2-3-5-26(25)31(19)18-20-6-10-23(29)11-7-20/h2-14H,15-18H2,1H3. The summed E-state index contributed by atoms with van der Waals surface area (Å²) >= 11 is 5.92. The van der Waals surface area contributed by atoms with Crippen molar-refractivity contribution in [3.05, 3.63) is 107 Å². The Morgan fingerprint density at radius 2 is 1.68 bits per heavy atom. The Labute approximate surface area is 203 Å². The molecule has 174 valence electrons. The van der Waals surface area contributed by atoms with Gasteiger partial charge in [-0.05, 0) is 66.9 Å². The van der Waals surface area contributed by atoms with Crippen molar-refractivity contribution in [2.24, 2.45) is 0 Å². The summed E-state index contributed by atoms with van der Waals surface area (Å²) in [6.45, 7) is 3.46. The monoisotopic (exact) mass is 494 g/mol. The molecule has 1 aliphatic heterocycles. The van der Waals surface area contributed by atoms with Gasteiger partial charge in [-0.15, -0.1) is 0 Å². The van der Waals surface area contributed by atoms with Crippen LogP contribution in [0.2, 0.25) is 5.02 Å². The smallest absolute Gasteiger partial charge is 0.243 e. The molecule has 0 bridgehead atoms. The van der Waals surface area contributed by atoms with Crippen LogP contribution in [0.5, 0.6) is 0 Å². The molecule has 0 fully saturated rings. The van der Waals surface area contributed by atoms with Gasteiger partial charge in [-0.25, -0.2) is 12.8 Å². The number of rotatable bonds is 5. The third-order valence-electron chi connectivity index (χ3n) is 6.43. The molecule has 0 amide bonds. The van der Waals surface area contributed by atoms with Crippen LogP contribution in [0.1, 0.15) is 23.2 Å². The van der Waals surface area contributed by atoms with Gasteiger partial charge < -0.3 is 4.57 Å². The number of para-hydroxylation sites is 1. The lowest BCUT2D eigenvalue weighted by Gasteiger charge is -2.26.